The van der Waals surface area contributed by atoms with E-state index in [1.54, 1.807) is 0 Å². The van der Waals surface area contributed by atoms with E-state index in [-0.39, 0.29) is 18.4 Å². The van der Waals surface area contributed by atoms with Crippen LogP contribution in [0.2, 0.25) is 0 Å². The van der Waals surface area contributed by atoms with Gasteiger partial charge < -0.3 is 19.7 Å². The fourth-order valence-electron chi connectivity index (χ4n) is 6.70. The molecule has 8 heteroatoms. The third kappa shape index (κ3) is 7.65. The molecule has 2 aromatic carbocycles. The molecule has 8 nitrogen and oxygen atoms in total. The standard InChI is InChI=1S/C36H48N4O4/c1-5-7-29-20-25(3)38-36(42)33(29)23-37-35(41)32-21-30(22-34(26(32)4)40(6-2)31-12-16-43-17-13-31)28-10-8-27(9-11-28)24-39-14-18-44-19-15-39/h8-11,20-22,31,33H,5-7,12-19,23-24H2,1-4H3,(H,37,41). The van der Waals surface area contributed by atoms with E-state index >= 15 is 0 Å². The molecule has 1 atom stereocenters. The van der Waals surface area contributed by atoms with Crippen LogP contribution in [-0.2, 0) is 20.8 Å². The van der Waals surface area contributed by atoms with Crippen LogP contribution in [0, 0.1) is 12.8 Å². The van der Waals surface area contributed by atoms with Crippen molar-refractivity contribution in [3.63, 3.8) is 0 Å². The normalized spacial score (nSPS) is 19.8. The molecule has 1 N–H and O–H groups in total. The van der Waals surface area contributed by atoms with Crippen molar-refractivity contribution in [2.24, 2.45) is 10.9 Å². The molecule has 2 amide bonds. The van der Waals surface area contributed by atoms with Crippen molar-refractivity contribution in [2.75, 3.05) is 57.5 Å². The highest BCUT2D eigenvalue weighted by Crippen LogP contribution is 2.34. The first-order valence-corrected chi connectivity index (χ1v) is 16.3. The summed E-state index contributed by atoms with van der Waals surface area (Å²) in [6, 6.07) is 13.3. The maximum atomic E-state index is 13.9. The number of nitrogens with zero attached hydrogens (tertiary/aromatic N) is 3. The quantitative estimate of drug-likeness (QED) is 0.363. The summed E-state index contributed by atoms with van der Waals surface area (Å²) in [6.07, 6.45) is 5.68. The monoisotopic (exact) mass is 600 g/mol. The van der Waals surface area contributed by atoms with Gasteiger partial charge in [-0.05, 0) is 80.5 Å². The lowest BCUT2D eigenvalue weighted by Crippen LogP contribution is -2.40. The summed E-state index contributed by atoms with van der Waals surface area (Å²) >= 11 is 0. The number of rotatable bonds is 11. The third-order valence-electron chi connectivity index (χ3n) is 9.14. The molecule has 3 aliphatic rings. The molecule has 0 bridgehead atoms. The van der Waals surface area contributed by atoms with E-state index in [2.05, 4.69) is 64.3 Å². The highest BCUT2D eigenvalue weighted by Gasteiger charge is 2.28. The first-order valence-electron chi connectivity index (χ1n) is 16.3. The van der Waals surface area contributed by atoms with Crippen LogP contribution in [0.1, 0.15) is 67.9 Å². The Labute approximate surface area is 262 Å². The van der Waals surface area contributed by atoms with Gasteiger partial charge in [0, 0.05) is 68.9 Å². The summed E-state index contributed by atoms with van der Waals surface area (Å²) in [5.74, 6) is -0.750. The smallest absolute Gasteiger partial charge is 0.254 e. The summed E-state index contributed by atoms with van der Waals surface area (Å²) in [7, 11) is 0. The first-order chi connectivity index (χ1) is 21.4. The lowest BCUT2D eigenvalue weighted by molar-refractivity contribution is -0.120. The molecule has 2 saturated heterocycles. The van der Waals surface area contributed by atoms with Crippen LogP contribution < -0.4 is 10.2 Å². The number of hydrogen-bond acceptors (Lipinski definition) is 6. The summed E-state index contributed by atoms with van der Waals surface area (Å²) in [5.41, 5.74) is 7.82. The van der Waals surface area contributed by atoms with Crippen molar-refractivity contribution in [3.8, 4) is 11.1 Å². The molecule has 44 heavy (non-hydrogen) atoms. The minimum atomic E-state index is -0.418. The van der Waals surface area contributed by atoms with Crippen LogP contribution in [0.4, 0.5) is 5.69 Å². The number of carbonyl (C=O) groups is 2. The largest absolute Gasteiger partial charge is 0.381 e. The summed E-state index contributed by atoms with van der Waals surface area (Å²) in [6.45, 7) is 15.2. The average molecular weight is 601 g/mol. The van der Waals surface area contributed by atoms with Crippen LogP contribution in [0.3, 0.4) is 0 Å². The number of nitrogens with one attached hydrogen (secondary N) is 1. The Balaban J connectivity index is 1.43. The Morgan fingerprint density at radius 3 is 2.39 bits per heavy atom. The number of amides is 2. The van der Waals surface area contributed by atoms with Crippen LogP contribution in [-0.4, -0.2) is 81.1 Å². The van der Waals surface area contributed by atoms with Crippen molar-refractivity contribution in [2.45, 2.75) is 66.0 Å². The third-order valence-corrected chi connectivity index (χ3v) is 9.14. The molecule has 3 aliphatic heterocycles. The van der Waals surface area contributed by atoms with Gasteiger partial charge in [0.05, 0.1) is 19.1 Å². The molecule has 3 heterocycles. The van der Waals surface area contributed by atoms with Crippen LogP contribution in [0.15, 0.2) is 53.0 Å². The van der Waals surface area contributed by atoms with Gasteiger partial charge in [-0.25, -0.2) is 4.99 Å². The summed E-state index contributed by atoms with van der Waals surface area (Å²) in [5, 5.41) is 3.12. The van der Waals surface area contributed by atoms with Crippen molar-refractivity contribution < 1.29 is 19.1 Å². The molecular weight excluding hydrogens is 552 g/mol. The Morgan fingerprint density at radius 1 is 1.00 bits per heavy atom. The van der Waals surface area contributed by atoms with Gasteiger partial charge in [-0.3, -0.25) is 14.5 Å². The lowest BCUT2D eigenvalue weighted by Gasteiger charge is -2.37. The van der Waals surface area contributed by atoms with Gasteiger partial charge in [0.15, 0.2) is 0 Å². The topological polar surface area (TPSA) is 83.5 Å². The minimum absolute atomic E-state index is 0.160. The van der Waals surface area contributed by atoms with E-state index in [0.717, 1.165) is 112 Å². The Morgan fingerprint density at radius 2 is 1.70 bits per heavy atom. The number of dihydropyridines is 1. The number of benzene rings is 2. The highest BCUT2D eigenvalue weighted by atomic mass is 16.5. The summed E-state index contributed by atoms with van der Waals surface area (Å²) in [4.78, 5) is 35.8. The molecule has 5 rings (SSSR count). The fourth-order valence-corrected chi connectivity index (χ4v) is 6.70. The van der Waals surface area contributed by atoms with Crippen molar-refractivity contribution in [1.29, 1.82) is 0 Å². The Kier molecular flexibility index (Phi) is 11.0. The first kappa shape index (κ1) is 32.1. The highest BCUT2D eigenvalue weighted by molar-refractivity contribution is 6.06. The second kappa shape index (κ2) is 15.1. The number of aliphatic imine (C=N–C) groups is 1. The molecule has 0 aromatic heterocycles. The molecule has 0 aliphatic carbocycles. The molecule has 236 valence electrons. The maximum Gasteiger partial charge on any atom is 0.254 e. The van der Waals surface area contributed by atoms with Gasteiger partial charge in [-0.15, -0.1) is 0 Å². The number of morpholine rings is 1. The molecule has 0 radical (unpaired) electrons. The van der Waals surface area contributed by atoms with Crippen LogP contribution >= 0.6 is 0 Å². The number of anilines is 1. The van der Waals surface area contributed by atoms with E-state index in [4.69, 9.17) is 9.47 Å². The number of ether oxygens (including phenoxy) is 2. The zero-order chi connectivity index (χ0) is 31.1. The van der Waals surface area contributed by atoms with E-state index in [1.165, 1.54) is 5.56 Å². The van der Waals surface area contributed by atoms with Gasteiger partial charge in [0.25, 0.3) is 11.8 Å². The molecule has 2 aromatic rings. The summed E-state index contributed by atoms with van der Waals surface area (Å²) < 4.78 is 11.2. The molecular formula is C36H48N4O4. The molecule has 0 spiro atoms. The zero-order valence-corrected chi connectivity index (χ0v) is 26.9. The second-order valence-electron chi connectivity index (χ2n) is 12.2. The van der Waals surface area contributed by atoms with E-state index in [1.807, 2.05) is 26.0 Å². The van der Waals surface area contributed by atoms with Gasteiger partial charge in [-0.2, -0.15) is 0 Å². The van der Waals surface area contributed by atoms with Gasteiger partial charge >= 0.3 is 0 Å². The van der Waals surface area contributed by atoms with Gasteiger partial charge in [0.2, 0.25) is 0 Å². The molecule has 1 unspecified atom stereocenters. The molecule has 0 saturated carbocycles. The maximum absolute atomic E-state index is 13.9. The Bertz CT molecular complexity index is 1370. The van der Waals surface area contributed by atoms with Crippen LogP contribution in [0.25, 0.3) is 11.1 Å². The SMILES string of the molecule is CCCC1=CC(C)=NC(=O)C1CNC(=O)c1cc(-c2ccc(CN3CCOCC3)cc2)cc(N(CC)C2CCOCC2)c1C. The molecule has 2 fully saturated rings. The van der Waals surface area contributed by atoms with E-state index in [0.29, 0.717) is 11.6 Å². The van der Waals surface area contributed by atoms with Crippen LogP contribution in [0.5, 0.6) is 0 Å². The lowest BCUT2D eigenvalue weighted by atomic mass is 9.90. The number of carbonyl (C=O) groups excluding carboxylic acids is 2. The second-order valence-corrected chi connectivity index (χ2v) is 12.2. The van der Waals surface area contributed by atoms with Gasteiger partial charge in [-0.1, -0.05) is 43.2 Å². The average Bonchev–Trinajstić information content (AvgIpc) is 3.03. The van der Waals surface area contributed by atoms with Gasteiger partial charge in [0.1, 0.15) is 0 Å². The number of hydrogen-bond donors (Lipinski definition) is 1. The van der Waals surface area contributed by atoms with Crippen molar-refractivity contribution in [1.82, 2.24) is 10.2 Å². The predicted octanol–water partition coefficient (Wildman–Crippen LogP) is 5.57. The van der Waals surface area contributed by atoms with Crippen molar-refractivity contribution in [3.05, 3.63) is 64.7 Å². The van der Waals surface area contributed by atoms with Crippen molar-refractivity contribution >= 4 is 23.2 Å². The zero-order valence-electron chi connectivity index (χ0n) is 26.9. The predicted molar refractivity (Wildman–Crippen MR) is 177 cm³/mol. The Hall–Kier alpha value is -3.33. The van der Waals surface area contributed by atoms with E-state index in [9.17, 15) is 9.59 Å². The fraction of sp³-hybridized carbons (Fsp3) is 0.528. The minimum Gasteiger partial charge on any atom is -0.381 e. The van der Waals surface area contributed by atoms with E-state index < -0.39 is 5.92 Å². The number of allylic oxidation sites excluding steroid dienone is 1.